The van der Waals surface area contributed by atoms with E-state index in [1.807, 2.05) is 30.3 Å². The maximum Gasteiger partial charge on any atom is 0.263 e. The number of rotatable bonds is 7. The van der Waals surface area contributed by atoms with E-state index in [4.69, 9.17) is 4.74 Å². The molecule has 0 aliphatic rings. The molecule has 9 heteroatoms. The van der Waals surface area contributed by atoms with E-state index >= 15 is 0 Å². The van der Waals surface area contributed by atoms with E-state index in [2.05, 4.69) is 15.0 Å². The van der Waals surface area contributed by atoms with Gasteiger partial charge in [0, 0.05) is 17.9 Å². The highest BCUT2D eigenvalue weighted by molar-refractivity contribution is 7.93. The van der Waals surface area contributed by atoms with Gasteiger partial charge >= 0.3 is 0 Å². The molecule has 2 N–H and O–H groups in total. The SMILES string of the molecule is CCOc1ccc(S(=O)(=O)Nc2nc(-c3ccccc3)cs2)cc1NC(C)=O. The van der Waals surface area contributed by atoms with E-state index in [9.17, 15) is 13.2 Å². The van der Waals surface area contributed by atoms with Crippen LogP contribution < -0.4 is 14.8 Å². The average Bonchev–Trinajstić information content (AvgIpc) is 3.11. The fraction of sp³-hybridized carbons (Fsp3) is 0.158. The number of ether oxygens (including phenoxy) is 1. The standard InChI is InChI=1S/C19H19N3O4S2/c1-3-26-18-10-9-15(11-16(18)20-13(2)23)28(24,25)22-19-21-17(12-27-19)14-7-5-4-6-8-14/h4-12H,3H2,1-2H3,(H,20,23)(H,21,22). The average molecular weight is 418 g/mol. The van der Waals surface area contributed by atoms with Crippen LogP contribution in [0, 0.1) is 0 Å². The van der Waals surface area contributed by atoms with Crippen molar-refractivity contribution in [2.75, 3.05) is 16.6 Å². The van der Waals surface area contributed by atoms with Crippen LogP contribution in [0.1, 0.15) is 13.8 Å². The minimum absolute atomic E-state index is 0.00355. The van der Waals surface area contributed by atoms with Crippen molar-refractivity contribution >= 4 is 38.1 Å². The molecule has 0 atom stereocenters. The van der Waals surface area contributed by atoms with E-state index in [0.717, 1.165) is 5.56 Å². The molecule has 0 radical (unpaired) electrons. The fourth-order valence-corrected chi connectivity index (χ4v) is 4.48. The summed E-state index contributed by atoms with van der Waals surface area (Å²) in [6, 6.07) is 13.8. The zero-order chi connectivity index (χ0) is 20.1. The smallest absolute Gasteiger partial charge is 0.263 e. The maximum atomic E-state index is 12.8. The molecule has 0 aliphatic carbocycles. The minimum atomic E-state index is -3.88. The minimum Gasteiger partial charge on any atom is -0.492 e. The normalized spacial score (nSPS) is 11.1. The quantitative estimate of drug-likeness (QED) is 0.606. The third kappa shape index (κ3) is 4.68. The first-order valence-corrected chi connectivity index (χ1v) is 10.8. The van der Waals surface area contributed by atoms with Gasteiger partial charge in [0.05, 0.1) is 22.9 Å². The van der Waals surface area contributed by atoms with Gasteiger partial charge in [-0.1, -0.05) is 30.3 Å². The van der Waals surface area contributed by atoms with E-state index in [-0.39, 0.29) is 15.9 Å². The van der Waals surface area contributed by atoms with Crippen LogP contribution in [-0.2, 0) is 14.8 Å². The van der Waals surface area contributed by atoms with Crippen LogP contribution in [0.3, 0.4) is 0 Å². The topological polar surface area (TPSA) is 97.4 Å². The van der Waals surface area contributed by atoms with Crippen LogP contribution in [-0.4, -0.2) is 25.9 Å². The van der Waals surface area contributed by atoms with Crippen LogP contribution in [0.2, 0.25) is 0 Å². The van der Waals surface area contributed by atoms with Gasteiger partial charge < -0.3 is 10.1 Å². The Morgan fingerprint density at radius 2 is 1.93 bits per heavy atom. The van der Waals surface area contributed by atoms with Gasteiger partial charge in [0.1, 0.15) is 5.75 Å². The van der Waals surface area contributed by atoms with Crippen LogP contribution in [0.15, 0.2) is 58.8 Å². The van der Waals surface area contributed by atoms with Crippen LogP contribution in [0.4, 0.5) is 10.8 Å². The number of nitrogens with one attached hydrogen (secondary N) is 2. The summed E-state index contributed by atoms with van der Waals surface area (Å²) in [5, 5.41) is 4.63. The molecule has 3 rings (SSSR count). The number of benzene rings is 2. The predicted octanol–water partition coefficient (Wildman–Crippen LogP) is 3.97. The van der Waals surface area contributed by atoms with Gasteiger partial charge in [-0.3, -0.25) is 9.52 Å². The van der Waals surface area contributed by atoms with E-state index < -0.39 is 10.0 Å². The summed E-state index contributed by atoms with van der Waals surface area (Å²) < 4.78 is 33.4. The molecule has 7 nitrogen and oxygen atoms in total. The zero-order valence-electron chi connectivity index (χ0n) is 15.3. The van der Waals surface area contributed by atoms with Crippen LogP contribution in [0.25, 0.3) is 11.3 Å². The van der Waals surface area contributed by atoms with Gasteiger partial charge in [0.15, 0.2) is 5.13 Å². The van der Waals surface area contributed by atoms with Crippen molar-refractivity contribution in [3.05, 3.63) is 53.9 Å². The molecule has 1 amide bonds. The molecule has 146 valence electrons. The van der Waals surface area contributed by atoms with Crippen molar-refractivity contribution in [3.8, 4) is 17.0 Å². The summed E-state index contributed by atoms with van der Waals surface area (Å²) in [6.45, 7) is 3.53. The Morgan fingerprint density at radius 1 is 1.18 bits per heavy atom. The monoisotopic (exact) mass is 417 g/mol. The van der Waals surface area contributed by atoms with Gasteiger partial charge in [-0.05, 0) is 25.1 Å². The lowest BCUT2D eigenvalue weighted by molar-refractivity contribution is -0.114. The third-order valence-electron chi connectivity index (χ3n) is 3.67. The Kier molecular flexibility index (Phi) is 5.96. The van der Waals surface area contributed by atoms with Crippen LogP contribution >= 0.6 is 11.3 Å². The summed E-state index contributed by atoms with van der Waals surface area (Å²) in [5.41, 5.74) is 1.88. The number of thiazole rings is 1. The van der Waals surface area contributed by atoms with Gasteiger partial charge in [-0.15, -0.1) is 11.3 Å². The number of sulfonamides is 1. The molecule has 1 aromatic heterocycles. The highest BCUT2D eigenvalue weighted by atomic mass is 32.2. The zero-order valence-corrected chi connectivity index (χ0v) is 16.9. The molecule has 0 bridgehead atoms. The van der Waals surface area contributed by atoms with Crippen molar-refractivity contribution in [1.29, 1.82) is 0 Å². The molecule has 0 spiro atoms. The van der Waals surface area contributed by atoms with Crippen molar-refractivity contribution in [2.24, 2.45) is 0 Å². The lowest BCUT2D eigenvalue weighted by Gasteiger charge is -2.13. The van der Waals surface area contributed by atoms with Crippen molar-refractivity contribution in [1.82, 2.24) is 4.98 Å². The van der Waals surface area contributed by atoms with Crippen molar-refractivity contribution in [2.45, 2.75) is 18.7 Å². The number of carbonyl (C=O) groups is 1. The largest absolute Gasteiger partial charge is 0.492 e. The van der Waals surface area contributed by atoms with Gasteiger partial charge in [-0.25, -0.2) is 13.4 Å². The highest BCUT2D eigenvalue weighted by Crippen LogP contribution is 2.30. The lowest BCUT2D eigenvalue weighted by atomic mass is 10.2. The number of aromatic nitrogens is 1. The van der Waals surface area contributed by atoms with E-state index in [0.29, 0.717) is 23.7 Å². The number of amides is 1. The summed E-state index contributed by atoms with van der Waals surface area (Å²) in [4.78, 5) is 15.8. The summed E-state index contributed by atoms with van der Waals surface area (Å²) in [5.74, 6) is 0.0770. The molecule has 0 saturated heterocycles. The van der Waals surface area contributed by atoms with Gasteiger partial charge in [0.25, 0.3) is 10.0 Å². The summed E-state index contributed by atoms with van der Waals surface area (Å²) in [7, 11) is -3.88. The van der Waals surface area contributed by atoms with Crippen molar-refractivity contribution < 1.29 is 17.9 Å². The van der Waals surface area contributed by atoms with Crippen molar-refractivity contribution in [3.63, 3.8) is 0 Å². The second-order valence-electron chi connectivity index (χ2n) is 5.78. The van der Waals surface area contributed by atoms with E-state index in [1.54, 1.807) is 12.3 Å². The molecule has 0 aliphatic heterocycles. The molecule has 1 heterocycles. The van der Waals surface area contributed by atoms with Gasteiger partial charge in [-0.2, -0.15) is 0 Å². The molecular formula is C19H19N3O4S2. The first kappa shape index (κ1) is 19.8. The third-order valence-corrected chi connectivity index (χ3v) is 5.89. The number of carbonyl (C=O) groups excluding carboxylic acids is 1. The number of hydrogen-bond donors (Lipinski definition) is 2. The Balaban J connectivity index is 1.87. The molecule has 2 aromatic carbocycles. The van der Waals surface area contributed by atoms with Gasteiger partial charge in [0.2, 0.25) is 5.91 Å². The second kappa shape index (κ2) is 8.41. The molecule has 0 unspecified atom stereocenters. The molecular weight excluding hydrogens is 398 g/mol. The highest BCUT2D eigenvalue weighted by Gasteiger charge is 2.19. The fourth-order valence-electron chi connectivity index (χ4n) is 2.48. The molecule has 3 aromatic rings. The number of nitrogens with zero attached hydrogens (tertiary/aromatic N) is 1. The summed E-state index contributed by atoms with van der Waals surface area (Å²) >= 11 is 1.20. The van der Waals surface area contributed by atoms with E-state index in [1.165, 1.54) is 36.5 Å². The molecule has 0 saturated carbocycles. The first-order chi connectivity index (χ1) is 13.4. The predicted molar refractivity (Wildman–Crippen MR) is 110 cm³/mol. The maximum absolute atomic E-state index is 12.8. The Labute approximate surface area is 167 Å². The molecule has 28 heavy (non-hydrogen) atoms. The number of anilines is 2. The Bertz CT molecular complexity index is 1080. The Hall–Kier alpha value is -2.91. The summed E-state index contributed by atoms with van der Waals surface area (Å²) in [6.07, 6.45) is 0. The number of hydrogen-bond acceptors (Lipinski definition) is 6. The van der Waals surface area contributed by atoms with Crippen LogP contribution in [0.5, 0.6) is 5.75 Å². The first-order valence-electron chi connectivity index (χ1n) is 8.47. The lowest BCUT2D eigenvalue weighted by Crippen LogP contribution is -2.14. The Morgan fingerprint density at radius 3 is 2.61 bits per heavy atom. The molecule has 0 fully saturated rings. The second-order valence-corrected chi connectivity index (χ2v) is 8.32.